The molecule has 1 aliphatic heterocycles. The largest absolute Gasteiger partial charge is 0.496 e. The SMILES string of the molecule is COc1ccc(Br)cc1C[NH+]1CCN(S(C)(=O)=O)CC1. The molecule has 0 saturated carbocycles. The van der Waals surface area contributed by atoms with Gasteiger partial charge in [0.15, 0.2) is 0 Å². The third-order valence-electron chi connectivity index (χ3n) is 3.58. The van der Waals surface area contributed by atoms with Gasteiger partial charge in [0.25, 0.3) is 0 Å². The molecule has 2 rings (SSSR count). The van der Waals surface area contributed by atoms with Crippen molar-refractivity contribution in [3.63, 3.8) is 0 Å². The van der Waals surface area contributed by atoms with Crippen LogP contribution >= 0.6 is 15.9 Å². The van der Waals surface area contributed by atoms with Crippen LogP contribution in [0.2, 0.25) is 0 Å². The second kappa shape index (κ2) is 6.43. The van der Waals surface area contributed by atoms with Crippen molar-refractivity contribution in [2.45, 2.75) is 6.54 Å². The maximum absolute atomic E-state index is 11.5. The normalized spacial score (nSPS) is 18.1. The molecular weight excluding hydrogens is 344 g/mol. The fourth-order valence-corrected chi connectivity index (χ4v) is 3.72. The van der Waals surface area contributed by atoms with E-state index in [-0.39, 0.29) is 0 Å². The summed E-state index contributed by atoms with van der Waals surface area (Å²) in [6.07, 6.45) is 1.27. The number of ether oxygens (including phenoxy) is 1. The first kappa shape index (κ1) is 15.8. The first-order valence-electron chi connectivity index (χ1n) is 6.51. The Kier molecular flexibility index (Phi) is 5.06. The smallest absolute Gasteiger partial charge is 0.211 e. The van der Waals surface area contributed by atoms with E-state index in [1.54, 1.807) is 11.4 Å². The summed E-state index contributed by atoms with van der Waals surface area (Å²) in [5.74, 6) is 0.881. The lowest BCUT2D eigenvalue weighted by Crippen LogP contribution is -3.13. The molecule has 1 aromatic rings. The van der Waals surface area contributed by atoms with Crippen molar-refractivity contribution in [2.75, 3.05) is 39.5 Å². The molecule has 0 aromatic heterocycles. The van der Waals surface area contributed by atoms with Gasteiger partial charge in [0, 0.05) is 10.0 Å². The van der Waals surface area contributed by atoms with E-state index in [2.05, 4.69) is 22.0 Å². The minimum absolute atomic E-state index is 0.588. The first-order valence-corrected chi connectivity index (χ1v) is 9.15. The summed E-state index contributed by atoms with van der Waals surface area (Å²) in [7, 11) is -1.38. The predicted molar refractivity (Wildman–Crippen MR) is 81.5 cm³/mol. The zero-order valence-electron chi connectivity index (χ0n) is 11.7. The molecule has 20 heavy (non-hydrogen) atoms. The van der Waals surface area contributed by atoms with Crippen LogP contribution in [0.4, 0.5) is 0 Å². The molecule has 1 aromatic carbocycles. The number of nitrogens with one attached hydrogen (secondary N) is 1. The number of benzene rings is 1. The first-order chi connectivity index (χ1) is 9.40. The molecule has 1 heterocycles. The Morgan fingerprint density at radius 2 is 2.00 bits per heavy atom. The Morgan fingerprint density at radius 3 is 2.55 bits per heavy atom. The van der Waals surface area contributed by atoms with Crippen LogP contribution in [0.25, 0.3) is 0 Å². The lowest BCUT2D eigenvalue weighted by atomic mass is 10.2. The predicted octanol–water partition coefficient (Wildman–Crippen LogP) is 0.118. The molecule has 5 nitrogen and oxygen atoms in total. The molecular formula is C13H20BrN2O3S+. The van der Waals surface area contributed by atoms with Gasteiger partial charge < -0.3 is 9.64 Å². The molecule has 0 amide bonds. The molecule has 0 unspecified atom stereocenters. The van der Waals surface area contributed by atoms with Crippen LogP contribution in [0.3, 0.4) is 0 Å². The quantitative estimate of drug-likeness (QED) is 0.826. The second-order valence-corrected chi connectivity index (χ2v) is 7.94. The number of nitrogens with zero attached hydrogens (tertiary/aromatic N) is 1. The molecule has 0 radical (unpaired) electrons. The molecule has 1 aliphatic rings. The Bertz CT molecular complexity index is 569. The van der Waals surface area contributed by atoms with E-state index in [0.717, 1.165) is 35.4 Å². The third kappa shape index (κ3) is 3.94. The number of hydrogen-bond acceptors (Lipinski definition) is 3. The molecule has 0 bridgehead atoms. The summed E-state index contributed by atoms with van der Waals surface area (Å²) in [6.45, 7) is 3.67. The number of hydrogen-bond donors (Lipinski definition) is 1. The van der Waals surface area contributed by atoms with Gasteiger partial charge in [-0.15, -0.1) is 0 Å². The van der Waals surface area contributed by atoms with E-state index in [1.807, 2.05) is 12.1 Å². The minimum atomic E-state index is -3.05. The lowest BCUT2D eigenvalue weighted by molar-refractivity contribution is -0.917. The number of methoxy groups -OCH3 is 1. The topological polar surface area (TPSA) is 51.1 Å². The van der Waals surface area contributed by atoms with Gasteiger partial charge in [-0.05, 0) is 18.2 Å². The van der Waals surface area contributed by atoms with Crippen LogP contribution < -0.4 is 9.64 Å². The molecule has 0 spiro atoms. The monoisotopic (exact) mass is 363 g/mol. The average molecular weight is 364 g/mol. The molecule has 7 heteroatoms. The Balaban J connectivity index is 2.01. The third-order valence-corrected chi connectivity index (χ3v) is 5.38. The van der Waals surface area contributed by atoms with Crippen LogP contribution in [0.1, 0.15) is 5.56 Å². The van der Waals surface area contributed by atoms with E-state index < -0.39 is 10.0 Å². The highest BCUT2D eigenvalue weighted by molar-refractivity contribution is 9.10. The Morgan fingerprint density at radius 1 is 1.35 bits per heavy atom. The Labute approximate surface area is 128 Å². The molecule has 1 fully saturated rings. The number of rotatable bonds is 4. The van der Waals surface area contributed by atoms with Crippen molar-refractivity contribution in [1.29, 1.82) is 0 Å². The zero-order valence-corrected chi connectivity index (χ0v) is 14.1. The van der Waals surface area contributed by atoms with Crippen LogP contribution in [0.5, 0.6) is 5.75 Å². The summed E-state index contributed by atoms with van der Waals surface area (Å²) in [6, 6.07) is 5.97. The van der Waals surface area contributed by atoms with E-state index >= 15 is 0 Å². The van der Waals surface area contributed by atoms with Gasteiger partial charge in [-0.2, -0.15) is 4.31 Å². The molecule has 1 N–H and O–H groups in total. The van der Waals surface area contributed by atoms with Crippen LogP contribution in [-0.2, 0) is 16.6 Å². The maximum Gasteiger partial charge on any atom is 0.211 e. The van der Waals surface area contributed by atoms with E-state index in [9.17, 15) is 8.42 Å². The summed E-state index contributed by atoms with van der Waals surface area (Å²) in [5.41, 5.74) is 1.14. The lowest BCUT2D eigenvalue weighted by Gasteiger charge is -2.30. The van der Waals surface area contributed by atoms with Crippen molar-refractivity contribution >= 4 is 26.0 Å². The van der Waals surface area contributed by atoms with E-state index in [1.165, 1.54) is 11.2 Å². The molecule has 0 aliphatic carbocycles. The van der Waals surface area contributed by atoms with E-state index in [4.69, 9.17) is 4.74 Å². The highest BCUT2D eigenvalue weighted by atomic mass is 79.9. The number of halogens is 1. The van der Waals surface area contributed by atoms with Crippen molar-refractivity contribution in [3.05, 3.63) is 28.2 Å². The van der Waals surface area contributed by atoms with Gasteiger partial charge in [0.05, 0.1) is 39.5 Å². The summed E-state index contributed by atoms with van der Waals surface area (Å²) in [4.78, 5) is 1.38. The summed E-state index contributed by atoms with van der Waals surface area (Å²) in [5, 5.41) is 0. The summed E-state index contributed by atoms with van der Waals surface area (Å²) >= 11 is 3.47. The van der Waals surface area contributed by atoms with Crippen molar-refractivity contribution in [2.24, 2.45) is 0 Å². The highest BCUT2D eigenvalue weighted by Gasteiger charge is 2.26. The summed E-state index contributed by atoms with van der Waals surface area (Å²) < 4.78 is 30.9. The molecule has 112 valence electrons. The van der Waals surface area contributed by atoms with Gasteiger partial charge in [-0.1, -0.05) is 15.9 Å². The number of sulfonamides is 1. The molecule has 1 saturated heterocycles. The standard InChI is InChI=1S/C13H19BrN2O3S/c1-19-13-4-3-12(14)9-11(13)10-15-5-7-16(8-6-15)20(2,17)18/h3-4,9H,5-8,10H2,1-2H3/p+1. The van der Waals surface area contributed by atoms with Gasteiger partial charge in [0.2, 0.25) is 10.0 Å². The van der Waals surface area contributed by atoms with Crippen molar-refractivity contribution < 1.29 is 18.1 Å². The van der Waals surface area contributed by atoms with Gasteiger partial charge >= 0.3 is 0 Å². The van der Waals surface area contributed by atoms with Crippen molar-refractivity contribution in [1.82, 2.24) is 4.31 Å². The van der Waals surface area contributed by atoms with Gasteiger partial charge in [0.1, 0.15) is 12.3 Å². The highest BCUT2D eigenvalue weighted by Crippen LogP contribution is 2.22. The minimum Gasteiger partial charge on any atom is -0.496 e. The van der Waals surface area contributed by atoms with Gasteiger partial charge in [-0.25, -0.2) is 8.42 Å². The maximum atomic E-state index is 11.5. The average Bonchev–Trinajstić information content (AvgIpc) is 2.38. The molecule has 0 atom stereocenters. The van der Waals surface area contributed by atoms with Crippen LogP contribution in [0, 0.1) is 0 Å². The van der Waals surface area contributed by atoms with Crippen molar-refractivity contribution in [3.8, 4) is 5.75 Å². The van der Waals surface area contributed by atoms with Gasteiger partial charge in [-0.3, -0.25) is 0 Å². The Hall–Kier alpha value is -0.630. The fraction of sp³-hybridized carbons (Fsp3) is 0.538. The fourth-order valence-electron chi connectivity index (χ4n) is 2.47. The zero-order chi connectivity index (χ0) is 14.8. The van der Waals surface area contributed by atoms with Crippen LogP contribution in [0.15, 0.2) is 22.7 Å². The number of piperazine rings is 1. The number of quaternary nitrogens is 1. The van der Waals surface area contributed by atoms with E-state index in [0.29, 0.717) is 13.1 Å². The second-order valence-electron chi connectivity index (χ2n) is 5.04. The van der Waals surface area contributed by atoms with Crippen LogP contribution in [-0.4, -0.2) is 52.3 Å².